The molecular weight excluding hydrogens is 586 g/mol. The van der Waals surface area contributed by atoms with Gasteiger partial charge in [-0.1, -0.05) is 17.7 Å². The first-order valence-corrected chi connectivity index (χ1v) is 11.7. The Kier molecular flexibility index (Phi) is 8.15. The number of hydrogen-bond donors (Lipinski definition) is 2. The van der Waals surface area contributed by atoms with E-state index in [1.54, 1.807) is 19.1 Å². The molecular formula is C22H17F3IN3O4S. The molecule has 0 atom stereocenters. The summed E-state index contributed by atoms with van der Waals surface area (Å²) in [5.74, 6) is -4.72. The average Bonchev–Trinajstić information content (AvgIpc) is 2.80. The van der Waals surface area contributed by atoms with E-state index in [0.29, 0.717) is 7.98 Å². The predicted octanol–water partition coefficient (Wildman–Crippen LogP) is 4.91. The van der Waals surface area contributed by atoms with Crippen LogP contribution in [0.25, 0.3) is 0 Å². The van der Waals surface area contributed by atoms with Gasteiger partial charge >= 0.3 is 5.97 Å². The molecule has 3 aromatic rings. The number of nitrogens with one attached hydrogen (secondary N) is 1. The molecule has 34 heavy (non-hydrogen) atoms. The molecule has 3 rings (SSSR count). The number of aryl methyl sites for hydroxylation is 1. The van der Waals surface area contributed by atoms with Crippen LogP contribution in [0.2, 0.25) is 0 Å². The second-order valence-electron chi connectivity index (χ2n) is 6.86. The minimum Gasteiger partial charge on any atom is -0.465 e. The van der Waals surface area contributed by atoms with E-state index in [9.17, 15) is 22.0 Å². The van der Waals surface area contributed by atoms with Crippen LogP contribution in [-0.2, 0) is 15.6 Å². The highest BCUT2D eigenvalue weighted by molar-refractivity contribution is 14.1. The van der Waals surface area contributed by atoms with Crippen molar-refractivity contribution in [2.75, 3.05) is 16.8 Å². The number of nitrogens with zero attached hydrogens (tertiary/aromatic N) is 2. The van der Waals surface area contributed by atoms with Crippen LogP contribution >= 0.6 is 22.6 Å². The van der Waals surface area contributed by atoms with E-state index < -0.39 is 51.1 Å². The third kappa shape index (κ3) is 5.67. The topological polar surface area (TPSA) is 88.1 Å². The fraction of sp³-hybridized carbons (Fsp3) is 0.0909. The molecule has 0 fully saturated rings. The lowest BCUT2D eigenvalue weighted by Crippen LogP contribution is -2.15. The number of anilines is 3. The Morgan fingerprint density at radius 1 is 1.09 bits per heavy atom. The number of ether oxygens (including phenoxy) is 1. The highest BCUT2D eigenvalue weighted by Crippen LogP contribution is 2.30. The molecule has 0 aromatic heterocycles. The molecule has 1 N–H and O–H groups in total. The van der Waals surface area contributed by atoms with Crippen molar-refractivity contribution in [2.24, 2.45) is 5.10 Å². The van der Waals surface area contributed by atoms with E-state index in [1.165, 1.54) is 30.3 Å². The zero-order valence-electron chi connectivity index (χ0n) is 17.7. The maximum Gasteiger partial charge on any atom is 0.340 e. The maximum absolute atomic E-state index is 15.0. The zero-order chi connectivity index (χ0) is 25.0. The van der Waals surface area contributed by atoms with Crippen LogP contribution in [0.1, 0.15) is 21.5 Å². The first kappa shape index (κ1) is 25.5. The molecule has 0 amide bonds. The van der Waals surface area contributed by atoms with Gasteiger partial charge in [0, 0.05) is 9.13 Å². The summed E-state index contributed by atoms with van der Waals surface area (Å²) in [6.45, 7) is 1.80. The van der Waals surface area contributed by atoms with Gasteiger partial charge in [-0.2, -0.15) is 9.52 Å². The Morgan fingerprint density at radius 3 is 2.35 bits per heavy atom. The summed E-state index contributed by atoms with van der Waals surface area (Å²) in [6.07, 6.45) is 0.755. The van der Waals surface area contributed by atoms with Crippen molar-refractivity contribution in [3.05, 3.63) is 86.2 Å². The lowest BCUT2D eigenvalue weighted by atomic mass is 10.1. The van der Waals surface area contributed by atoms with Crippen LogP contribution < -0.4 is 9.73 Å². The fourth-order valence-corrected chi connectivity index (χ4v) is 3.77. The number of halogens is 4. The van der Waals surface area contributed by atoms with Gasteiger partial charge in [0.05, 0.1) is 36.0 Å². The second kappa shape index (κ2) is 10.9. The minimum atomic E-state index is -3.26. The van der Waals surface area contributed by atoms with Gasteiger partial charge in [0.15, 0.2) is 11.6 Å². The maximum atomic E-state index is 15.0. The van der Waals surface area contributed by atoms with Crippen molar-refractivity contribution in [2.45, 2.75) is 6.92 Å². The van der Waals surface area contributed by atoms with E-state index in [-0.39, 0.29) is 11.4 Å². The summed E-state index contributed by atoms with van der Waals surface area (Å²) >= 11 is 1.88. The van der Waals surface area contributed by atoms with Crippen LogP contribution in [0, 0.1) is 27.9 Å². The third-order valence-electron chi connectivity index (χ3n) is 4.56. The van der Waals surface area contributed by atoms with Crippen LogP contribution in [0.3, 0.4) is 0 Å². The summed E-state index contributed by atoms with van der Waals surface area (Å²) in [5, 5.41) is 6.12. The Labute approximate surface area is 208 Å². The van der Waals surface area contributed by atoms with Gasteiger partial charge in [0.2, 0.25) is 10.9 Å². The van der Waals surface area contributed by atoms with E-state index >= 15 is 4.39 Å². The molecule has 0 aliphatic carbocycles. The molecule has 0 saturated carbocycles. The lowest BCUT2D eigenvalue weighted by molar-refractivity contribution is 0.0601. The van der Waals surface area contributed by atoms with Crippen LogP contribution in [0.5, 0.6) is 0 Å². The first-order chi connectivity index (χ1) is 16.1. The van der Waals surface area contributed by atoms with Crippen LogP contribution in [0.4, 0.5) is 30.2 Å². The third-order valence-corrected chi connectivity index (χ3v) is 5.87. The lowest BCUT2D eigenvalue weighted by Gasteiger charge is -2.15. The summed E-state index contributed by atoms with van der Waals surface area (Å²) < 4.78 is 73.2. The molecule has 0 bridgehead atoms. The number of carbonyl (C=O) groups excluding carboxylic acids is 1. The SMILES string of the molecule is COC(=O)c1cc(/C=N/N(c2ccc(C)cc2)[SH](=O)=O)c(F)c(F)c1Nc1ccc(I)cc1F. The Morgan fingerprint density at radius 2 is 1.76 bits per heavy atom. The van der Waals surface area contributed by atoms with Crippen LogP contribution in [-0.4, -0.2) is 27.7 Å². The highest BCUT2D eigenvalue weighted by atomic mass is 127. The number of thiol groups is 1. The van der Waals surface area contributed by atoms with Crippen molar-refractivity contribution in [1.29, 1.82) is 0 Å². The molecule has 0 aliphatic rings. The van der Waals surface area contributed by atoms with Crippen molar-refractivity contribution in [3.8, 4) is 0 Å². The molecule has 0 unspecified atom stereocenters. The summed E-state index contributed by atoms with van der Waals surface area (Å²) in [5.41, 5.74) is -0.780. The quantitative estimate of drug-likeness (QED) is 0.132. The van der Waals surface area contributed by atoms with Crippen molar-refractivity contribution >= 4 is 62.7 Å². The largest absolute Gasteiger partial charge is 0.465 e. The number of benzene rings is 3. The number of carbonyl (C=O) groups is 1. The van der Waals surface area contributed by atoms with Gasteiger partial charge in [0.1, 0.15) is 5.82 Å². The van der Waals surface area contributed by atoms with Crippen LogP contribution in [0.15, 0.2) is 53.6 Å². The number of hydrazone groups is 1. The van der Waals surface area contributed by atoms with E-state index in [2.05, 4.69) is 15.2 Å². The van der Waals surface area contributed by atoms with Gasteiger partial charge in [-0.15, -0.1) is 0 Å². The molecule has 12 heteroatoms. The van der Waals surface area contributed by atoms with E-state index in [0.717, 1.165) is 25.0 Å². The molecule has 0 saturated heterocycles. The normalized spacial score (nSPS) is 11.1. The zero-order valence-corrected chi connectivity index (χ0v) is 20.7. The van der Waals surface area contributed by atoms with Crippen molar-refractivity contribution in [3.63, 3.8) is 0 Å². The van der Waals surface area contributed by atoms with Gasteiger partial charge < -0.3 is 10.1 Å². The molecule has 0 spiro atoms. The van der Waals surface area contributed by atoms with E-state index in [1.807, 2.05) is 22.6 Å². The number of esters is 1. The number of methoxy groups -OCH3 is 1. The highest BCUT2D eigenvalue weighted by Gasteiger charge is 2.24. The standard InChI is InChI=1S/C22H17F3IN3O4S/c1-12-3-6-15(7-4-12)29(34(31)32)27-11-13-9-16(22(30)33-2)21(20(25)19(13)24)28-18-8-5-14(26)10-17(18)23/h3-11,28,34H,1-2H3/b27-11+. The first-order valence-electron chi connectivity index (χ1n) is 9.49. The molecule has 0 heterocycles. The Bertz CT molecular complexity index is 1340. The number of rotatable bonds is 7. The molecule has 7 nitrogen and oxygen atoms in total. The van der Waals surface area contributed by atoms with E-state index in [4.69, 9.17) is 0 Å². The predicted molar refractivity (Wildman–Crippen MR) is 132 cm³/mol. The smallest absolute Gasteiger partial charge is 0.340 e. The number of hydrogen-bond acceptors (Lipinski definition) is 6. The molecule has 0 aliphatic heterocycles. The Hall–Kier alpha value is -3.13. The van der Waals surface area contributed by atoms with Crippen molar-refractivity contribution < 1.29 is 31.1 Å². The van der Waals surface area contributed by atoms with Gasteiger partial charge in [-0.05, 0) is 65.9 Å². The summed E-state index contributed by atoms with van der Waals surface area (Å²) in [6, 6.07) is 11.2. The molecule has 0 radical (unpaired) electrons. The minimum absolute atomic E-state index is 0.166. The monoisotopic (exact) mass is 603 g/mol. The van der Waals surface area contributed by atoms with Gasteiger partial charge in [-0.3, -0.25) is 0 Å². The second-order valence-corrected chi connectivity index (χ2v) is 8.96. The van der Waals surface area contributed by atoms with Gasteiger partial charge in [0.25, 0.3) is 0 Å². The van der Waals surface area contributed by atoms with Gasteiger partial charge in [-0.25, -0.2) is 26.4 Å². The average molecular weight is 603 g/mol. The molecule has 178 valence electrons. The fourth-order valence-electron chi connectivity index (χ4n) is 2.86. The summed E-state index contributed by atoms with van der Waals surface area (Å²) in [7, 11) is -2.22. The van der Waals surface area contributed by atoms with Crippen molar-refractivity contribution in [1.82, 2.24) is 0 Å². The Balaban J connectivity index is 2.07. The summed E-state index contributed by atoms with van der Waals surface area (Å²) in [4.78, 5) is 12.3. The molecule has 3 aromatic carbocycles.